The van der Waals surface area contributed by atoms with E-state index >= 15 is 0 Å². The molecule has 5 heteroatoms. The van der Waals surface area contributed by atoms with E-state index in [1.165, 1.54) is 6.26 Å². The van der Waals surface area contributed by atoms with Gasteiger partial charge in [0.25, 0.3) is 0 Å². The number of carbonyl (C=O) groups is 1. The van der Waals surface area contributed by atoms with Crippen LogP contribution in [0, 0.1) is 13.8 Å². The third-order valence-electron chi connectivity index (χ3n) is 2.64. The highest BCUT2D eigenvalue weighted by Gasteiger charge is 2.17. The highest BCUT2D eigenvalue weighted by atomic mass is 35.5. The number of ketones is 1. The number of hydrogen-bond acceptors (Lipinski definition) is 3. The SMILES string of the molecule is Cc1cc(C(=O)Cc2c(Cl)c(C)nn2C)co1. The van der Waals surface area contributed by atoms with Crippen molar-refractivity contribution in [3.63, 3.8) is 0 Å². The van der Waals surface area contributed by atoms with Gasteiger partial charge < -0.3 is 4.42 Å². The second kappa shape index (κ2) is 4.37. The molecular weight excluding hydrogens is 240 g/mol. The number of aryl methyl sites for hydroxylation is 3. The van der Waals surface area contributed by atoms with E-state index in [1.807, 2.05) is 6.92 Å². The summed E-state index contributed by atoms with van der Waals surface area (Å²) in [5.41, 5.74) is 2.03. The lowest BCUT2D eigenvalue weighted by atomic mass is 10.1. The van der Waals surface area contributed by atoms with Gasteiger partial charge in [-0.15, -0.1) is 0 Å². The summed E-state index contributed by atoms with van der Waals surface area (Å²) in [5, 5.41) is 4.73. The molecule has 0 saturated carbocycles. The van der Waals surface area contributed by atoms with Crippen molar-refractivity contribution in [2.45, 2.75) is 20.3 Å². The Morgan fingerprint density at radius 2 is 2.24 bits per heavy atom. The highest BCUT2D eigenvalue weighted by Crippen LogP contribution is 2.21. The normalized spacial score (nSPS) is 10.8. The lowest BCUT2D eigenvalue weighted by Gasteiger charge is -2.00. The number of aromatic nitrogens is 2. The smallest absolute Gasteiger partial charge is 0.172 e. The third kappa shape index (κ3) is 2.26. The summed E-state index contributed by atoms with van der Waals surface area (Å²) in [6.45, 7) is 3.62. The fraction of sp³-hybridized carbons (Fsp3) is 0.333. The van der Waals surface area contributed by atoms with E-state index in [0.29, 0.717) is 10.6 Å². The highest BCUT2D eigenvalue weighted by molar-refractivity contribution is 6.32. The largest absolute Gasteiger partial charge is 0.469 e. The Kier molecular flexibility index (Phi) is 3.07. The van der Waals surface area contributed by atoms with E-state index in [9.17, 15) is 4.79 Å². The molecule has 4 nitrogen and oxygen atoms in total. The number of nitrogens with zero attached hydrogens (tertiary/aromatic N) is 2. The number of hydrogen-bond donors (Lipinski definition) is 0. The van der Waals surface area contributed by atoms with Gasteiger partial charge in [0.15, 0.2) is 5.78 Å². The Hall–Kier alpha value is -1.55. The molecule has 0 fully saturated rings. The minimum Gasteiger partial charge on any atom is -0.469 e. The van der Waals surface area contributed by atoms with Crippen molar-refractivity contribution in [3.05, 3.63) is 40.1 Å². The Morgan fingerprint density at radius 1 is 1.53 bits per heavy atom. The topological polar surface area (TPSA) is 48.0 Å². The van der Waals surface area contributed by atoms with Crippen LogP contribution in [0.25, 0.3) is 0 Å². The van der Waals surface area contributed by atoms with Crippen LogP contribution in [0.5, 0.6) is 0 Å². The Labute approximate surface area is 104 Å². The fourth-order valence-corrected chi connectivity index (χ4v) is 1.94. The van der Waals surface area contributed by atoms with Crippen LogP contribution in [0.3, 0.4) is 0 Å². The van der Waals surface area contributed by atoms with Crippen LogP contribution in [0.1, 0.15) is 27.5 Å². The quantitative estimate of drug-likeness (QED) is 0.789. The summed E-state index contributed by atoms with van der Waals surface area (Å²) in [4.78, 5) is 12.0. The van der Waals surface area contributed by atoms with E-state index in [0.717, 1.165) is 17.1 Å². The first-order chi connectivity index (χ1) is 7.99. The summed E-state index contributed by atoms with van der Waals surface area (Å²) in [6, 6.07) is 1.72. The second-order valence-corrected chi connectivity index (χ2v) is 4.39. The van der Waals surface area contributed by atoms with Gasteiger partial charge >= 0.3 is 0 Å². The molecule has 2 rings (SSSR count). The monoisotopic (exact) mass is 252 g/mol. The van der Waals surface area contributed by atoms with E-state index < -0.39 is 0 Å². The van der Waals surface area contributed by atoms with E-state index in [-0.39, 0.29) is 12.2 Å². The molecule has 0 N–H and O–H groups in total. The maximum absolute atomic E-state index is 12.0. The molecule has 0 saturated heterocycles. The van der Waals surface area contributed by atoms with Crippen LogP contribution in [-0.4, -0.2) is 15.6 Å². The molecule has 0 spiro atoms. The predicted molar refractivity (Wildman–Crippen MR) is 64.4 cm³/mol. The minimum absolute atomic E-state index is 0.0215. The summed E-state index contributed by atoms with van der Waals surface area (Å²) in [5.74, 6) is 0.701. The molecule has 2 aromatic heterocycles. The maximum Gasteiger partial charge on any atom is 0.172 e. The van der Waals surface area contributed by atoms with Gasteiger partial charge in [-0.1, -0.05) is 11.6 Å². The van der Waals surface area contributed by atoms with E-state index in [2.05, 4.69) is 5.10 Å². The number of Topliss-reactive ketones (excluding diaryl/α,β-unsaturated/α-hetero) is 1. The molecule has 0 aromatic carbocycles. The average molecular weight is 253 g/mol. The van der Waals surface area contributed by atoms with Gasteiger partial charge in [0.2, 0.25) is 0 Å². The van der Waals surface area contributed by atoms with Crippen molar-refractivity contribution >= 4 is 17.4 Å². The second-order valence-electron chi connectivity index (χ2n) is 4.02. The first-order valence-electron chi connectivity index (χ1n) is 5.25. The number of halogens is 1. The molecule has 0 aliphatic rings. The van der Waals surface area contributed by atoms with Crippen molar-refractivity contribution in [2.24, 2.45) is 7.05 Å². The zero-order chi connectivity index (χ0) is 12.6. The van der Waals surface area contributed by atoms with Gasteiger partial charge in [0, 0.05) is 7.05 Å². The van der Waals surface area contributed by atoms with Crippen molar-refractivity contribution in [1.29, 1.82) is 0 Å². The minimum atomic E-state index is -0.0215. The number of rotatable bonds is 3. The van der Waals surface area contributed by atoms with Gasteiger partial charge in [0.1, 0.15) is 12.0 Å². The van der Waals surface area contributed by atoms with Crippen molar-refractivity contribution < 1.29 is 9.21 Å². The van der Waals surface area contributed by atoms with Crippen LogP contribution < -0.4 is 0 Å². The Morgan fingerprint density at radius 3 is 2.71 bits per heavy atom. The Bertz CT molecular complexity index is 569. The van der Waals surface area contributed by atoms with Gasteiger partial charge in [-0.25, -0.2) is 0 Å². The Balaban J connectivity index is 2.24. The molecule has 0 unspecified atom stereocenters. The van der Waals surface area contributed by atoms with Crippen LogP contribution in [0.4, 0.5) is 0 Å². The van der Waals surface area contributed by atoms with Crippen molar-refractivity contribution in [3.8, 4) is 0 Å². The maximum atomic E-state index is 12.0. The molecule has 0 radical (unpaired) electrons. The van der Waals surface area contributed by atoms with Crippen LogP contribution in [0.15, 0.2) is 16.7 Å². The predicted octanol–water partition coefficient (Wildman–Crippen LogP) is 2.71. The molecule has 90 valence electrons. The van der Waals surface area contributed by atoms with Crippen LogP contribution in [0.2, 0.25) is 5.02 Å². The molecule has 0 amide bonds. The standard InChI is InChI=1S/C12H13ClN2O2/c1-7-4-9(6-17-7)11(16)5-10-12(13)8(2)14-15(10)3/h4,6H,5H2,1-3H3. The van der Waals surface area contributed by atoms with Gasteiger partial charge in [0.05, 0.1) is 28.4 Å². The molecule has 2 aromatic rings. The first-order valence-corrected chi connectivity index (χ1v) is 5.63. The lowest BCUT2D eigenvalue weighted by molar-refractivity contribution is 0.0990. The van der Waals surface area contributed by atoms with E-state index in [4.69, 9.17) is 16.0 Å². The van der Waals surface area contributed by atoms with Gasteiger partial charge in [-0.3, -0.25) is 9.48 Å². The fourth-order valence-electron chi connectivity index (χ4n) is 1.72. The molecule has 0 bridgehead atoms. The number of carbonyl (C=O) groups excluding carboxylic acids is 1. The zero-order valence-corrected chi connectivity index (χ0v) is 10.7. The molecule has 2 heterocycles. The third-order valence-corrected chi connectivity index (χ3v) is 3.13. The van der Waals surface area contributed by atoms with Gasteiger partial charge in [-0.05, 0) is 19.9 Å². The van der Waals surface area contributed by atoms with Crippen LogP contribution in [-0.2, 0) is 13.5 Å². The molecule has 17 heavy (non-hydrogen) atoms. The average Bonchev–Trinajstić information content (AvgIpc) is 2.79. The van der Waals surface area contributed by atoms with Crippen molar-refractivity contribution in [2.75, 3.05) is 0 Å². The summed E-state index contributed by atoms with van der Waals surface area (Å²) >= 11 is 6.09. The molecular formula is C12H13ClN2O2. The van der Waals surface area contributed by atoms with Gasteiger partial charge in [-0.2, -0.15) is 5.10 Å². The van der Waals surface area contributed by atoms with E-state index in [1.54, 1.807) is 24.7 Å². The molecule has 0 atom stereocenters. The number of furan rings is 1. The summed E-state index contributed by atoms with van der Waals surface area (Å²) in [7, 11) is 1.78. The van der Waals surface area contributed by atoms with Crippen LogP contribution >= 0.6 is 11.6 Å². The van der Waals surface area contributed by atoms with Crippen molar-refractivity contribution in [1.82, 2.24) is 9.78 Å². The molecule has 0 aliphatic carbocycles. The zero-order valence-electron chi connectivity index (χ0n) is 9.95. The lowest BCUT2D eigenvalue weighted by Crippen LogP contribution is -2.07. The summed E-state index contributed by atoms with van der Waals surface area (Å²) < 4.78 is 6.75. The molecule has 0 aliphatic heterocycles. The first kappa shape index (κ1) is 11.9. The summed E-state index contributed by atoms with van der Waals surface area (Å²) in [6.07, 6.45) is 1.70.